The summed E-state index contributed by atoms with van der Waals surface area (Å²) in [4.78, 5) is 31.3. The molecule has 0 amide bonds. The summed E-state index contributed by atoms with van der Waals surface area (Å²) in [6, 6.07) is 0. The van der Waals surface area contributed by atoms with Crippen LogP contribution in [0.3, 0.4) is 0 Å². The smallest absolute Gasteiger partial charge is 0.359 e. The molecule has 0 radical (unpaired) electrons. The number of carbonyl (C=O) groups excluding carboxylic acids is 2. The zero-order chi connectivity index (χ0) is 23.6. The van der Waals surface area contributed by atoms with Crippen molar-refractivity contribution in [3.63, 3.8) is 0 Å². The molecule has 0 aromatic carbocycles. The second-order valence-electron chi connectivity index (χ2n) is 8.38. The highest BCUT2D eigenvalue weighted by atomic mass is 16.5. The third kappa shape index (κ3) is 4.39. The van der Waals surface area contributed by atoms with E-state index in [-0.39, 0.29) is 41.9 Å². The molecule has 2 N–H and O–H groups in total. The lowest BCUT2D eigenvalue weighted by Crippen LogP contribution is -2.13. The fourth-order valence-corrected chi connectivity index (χ4v) is 3.03. The van der Waals surface area contributed by atoms with Crippen molar-refractivity contribution in [1.29, 1.82) is 0 Å². The number of aromatic amines is 2. The standard InChI is InChI=1S/C20H28N8O4/c1-8-31-17(29)11-12(18(30)32-9-2)22-19(21-11)26-23-13-14(20(5,6)7)27-28-15(10(3)4)24-25-16(13)28/h10,27H,8-9H2,1-7H3,(H,21,22). The summed E-state index contributed by atoms with van der Waals surface area (Å²) < 4.78 is 11.8. The van der Waals surface area contributed by atoms with E-state index in [1.807, 2.05) is 34.6 Å². The first kappa shape index (κ1) is 23.1. The van der Waals surface area contributed by atoms with Gasteiger partial charge in [-0.1, -0.05) is 34.6 Å². The molecular weight excluding hydrogens is 416 g/mol. The van der Waals surface area contributed by atoms with Crippen molar-refractivity contribution in [2.75, 3.05) is 13.2 Å². The minimum absolute atomic E-state index is 0.0427. The van der Waals surface area contributed by atoms with E-state index >= 15 is 0 Å². The predicted octanol–water partition coefficient (Wildman–Crippen LogP) is 3.97. The number of nitrogens with one attached hydrogen (secondary N) is 2. The molecule has 0 spiro atoms. The van der Waals surface area contributed by atoms with Gasteiger partial charge in [0.15, 0.2) is 22.9 Å². The van der Waals surface area contributed by atoms with Crippen LogP contribution >= 0.6 is 0 Å². The molecule has 3 heterocycles. The molecule has 0 atom stereocenters. The number of hydrogen-bond donors (Lipinski definition) is 2. The van der Waals surface area contributed by atoms with Gasteiger partial charge in [0.25, 0.3) is 0 Å². The lowest BCUT2D eigenvalue weighted by Gasteiger charge is -2.16. The maximum absolute atomic E-state index is 12.2. The Balaban J connectivity index is 2.08. The third-order valence-electron chi connectivity index (χ3n) is 4.51. The number of ether oxygens (including phenoxy) is 2. The predicted molar refractivity (Wildman–Crippen MR) is 115 cm³/mol. The number of H-pyrrole nitrogens is 2. The minimum atomic E-state index is -0.758. The quantitative estimate of drug-likeness (QED) is 0.413. The Labute approximate surface area is 184 Å². The van der Waals surface area contributed by atoms with E-state index in [0.717, 1.165) is 11.5 Å². The molecule has 0 aliphatic heterocycles. The normalized spacial score (nSPS) is 12.2. The van der Waals surface area contributed by atoms with Crippen molar-refractivity contribution in [1.82, 2.24) is 29.8 Å². The Bertz CT molecular complexity index is 1130. The summed E-state index contributed by atoms with van der Waals surface area (Å²) in [5, 5.41) is 20.3. The first-order valence-corrected chi connectivity index (χ1v) is 10.4. The molecule has 0 saturated heterocycles. The molecule has 12 heteroatoms. The summed E-state index contributed by atoms with van der Waals surface area (Å²) in [6.07, 6.45) is 0. The number of carbonyl (C=O) groups is 2. The lowest BCUT2D eigenvalue weighted by molar-refractivity contribution is 0.0471. The van der Waals surface area contributed by atoms with Gasteiger partial charge in [-0.15, -0.1) is 20.4 Å². The van der Waals surface area contributed by atoms with E-state index in [0.29, 0.717) is 11.3 Å². The van der Waals surface area contributed by atoms with Gasteiger partial charge in [0.1, 0.15) is 0 Å². The van der Waals surface area contributed by atoms with Gasteiger partial charge in [-0.3, -0.25) is 5.10 Å². The van der Waals surface area contributed by atoms with Crippen LogP contribution in [-0.4, -0.2) is 54.9 Å². The van der Waals surface area contributed by atoms with Crippen LogP contribution in [0.2, 0.25) is 0 Å². The van der Waals surface area contributed by atoms with Gasteiger partial charge in [-0.25, -0.2) is 19.1 Å². The second kappa shape index (κ2) is 8.89. The summed E-state index contributed by atoms with van der Waals surface area (Å²) in [5.74, 6) is -0.627. The van der Waals surface area contributed by atoms with Gasteiger partial charge in [0, 0.05) is 11.3 Å². The van der Waals surface area contributed by atoms with Crippen LogP contribution in [0.15, 0.2) is 10.2 Å². The molecule has 0 unspecified atom stereocenters. The van der Waals surface area contributed by atoms with Crippen LogP contribution in [0.5, 0.6) is 0 Å². The number of imidazole rings is 1. The van der Waals surface area contributed by atoms with E-state index in [2.05, 4.69) is 35.5 Å². The fourth-order valence-electron chi connectivity index (χ4n) is 3.03. The number of rotatable bonds is 7. The SMILES string of the molecule is CCOC(=O)c1nc(N=Nc2c(C(C)(C)C)[nH]n3c(C(C)C)nnc23)[nH]c1C(=O)OCC. The number of aromatic nitrogens is 6. The summed E-state index contributed by atoms with van der Waals surface area (Å²) in [7, 11) is 0. The van der Waals surface area contributed by atoms with E-state index in [4.69, 9.17) is 9.47 Å². The molecule has 0 aliphatic rings. The van der Waals surface area contributed by atoms with Gasteiger partial charge < -0.3 is 14.5 Å². The molecular formula is C20H28N8O4. The molecule has 3 aromatic rings. The third-order valence-corrected chi connectivity index (χ3v) is 4.51. The van der Waals surface area contributed by atoms with Crippen LogP contribution in [0, 0.1) is 0 Å². The molecule has 0 bridgehead atoms. The van der Waals surface area contributed by atoms with Crippen LogP contribution < -0.4 is 0 Å². The monoisotopic (exact) mass is 444 g/mol. The van der Waals surface area contributed by atoms with E-state index in [1.54, 1.807) is 18.4 Å². The zero-order valence-electron chi connectivity index (χ0n) is 19.3. The van der Waals surface area contributed by atoms with Crippen LogP contribution in [0.1, 0.15) is 86.9 Å². The number of esters is 2. The number of nitrogens with zero attached hydrogens (tertiary/aromatic N) is 6. The Morgan fingerprint density at radius 2 is 1.72 bits per heavy atom. The molecule has 172 valence electrons. The largest absolute Gasteiger partial charge is 0.461 e. The highest BCUT2D eigenvalue weighted by molar-refractivity contribution is 6.01. The maximum Gasteiger partial charge on any atom is 0.359 e. The molecule has 12 nitrogen and oxygen atoms in total. The Kier molecular flexibility index (Phi) is 6.42. The summed E-state index contributed by atoms with van der Waals surface area (Å²) in [6.45, 7) is 13.7. The van der Waals surface area contributed by atoms with Gasteiger partial charge in [0.2, 0.25) is 11.6 Å². The van der Waals surface area contributed by atoms with Crippen LogP contribution in [-0.2, 0) is 14.9 Å². The molecule has 0 saturated carbocycles. The van der Waals surface area contributed by atoms with Crippen molar-refractivity contribution < 1.29 is 19.1 Å². The van der Waals surface area contributed by atoms with E-state index in [9.17, 15) is 9.59 Å². The minimum Gasteiger partial charge on any atom is -0.461 e. The van der Waals surface area contributed by atoms with Gasteiger partial charge in [-0.2, -0.15) is 0 Å². The van der Waals surface area contributed by atoms with E-state index in [1.165, 1.54) is 0 Å². The zero-order valence-corrected chi connectivity index (χ0v) is 19.3. The van der Waals surface area contributed by atoms with Crippen molar-refractivity contribution in [3.05, 3.63) is 22.9 Å². The molecule has 0 aliphatic carbocycles. The lowest BCUT2D eigenvalue weighted by atomic mass is 9.91. The van der Waals surface area contributed by atoms with Gasteiger partial charge in [0.05, 0.1) is 18.9 Å². The summed E-state index contributed by atoms with van der Waals surface area (Å²) in [5.41, 5.74) is 1.17. The van der Waals surface area contributed by atoms with Crippen molar-refractivity contribution in [3.8, 4) is 0 Å². The van der Waals surface area contributed by atoms with Crippen LogP contribution in [0.4, 0.5) is 11.6 Å². The fraction of sp³-hybridized carbons (Fsp3) is 0.550. The topological polar surface area (TPSA) is 152 Å². The Hall–Kier alpha value is -3.57. The van der Waals surface area contributed by atoms with Gasteiger partial charge in [-0.05, 0) is 13.8 Å². The van der Waals surface area contributed by atoms with Crippen molar-refractivity contribution in [2.45, 2.75) is 59.8 Å². The second-order valence-corrected chi connectivity index (χ2v) is 8.38. The molecule has 32 heavy (non-hydrogen) atoms. The highest BCUT2D eigenvalue weighted by Crippen LogP contribution is 2.35. The van der Waals surface area contributed by atoms with Crippen molar-refractivity contribution in [2.24, 2.45) is 10.2 Å². The average Bonchev–Trinajstić information content (AvgIpc) is 3.39. The van der Waals surface area contributed by atoms with E-state index < -0.39 is 11.9 Å². The number of azo groups is 1. The number of fused-ring (bicyclic) bond motifs is 1. The van der Waals surface area contributed by atoms with Crippen LogP contribution in [0.25, 0.3) is 5.65 Å². The maximum atomic E-state index is 12.2. The number of hydrogen-bond acceptors (Lipinski definition) is 9. The average molecular weight is 444 g/mol. The first-order valence-electron chi connectivity index (χ1n) is 10.4. The molecule has 3 aromatic heterocycles. The molecule has 3 rings (SSSR count). The Morgan fingerprint density at radius 1 is 1.06 bits per heavy atom. The van der Waals surface area contributed by atoms with Crippen molar-refractivity contribution >= 4 is 29.2 Å². The van der Waals surface area contributed by atoms with Gasteiger partial charge >= 0.3 is 11.9 Å². The Morgan fingerprint density at radius 3 is 2.31 bits per heavy atom. The highest BCUT2D eigenvalue weighted by Gasteiger charge is 2.28. The summed E-state index contributed by atoms with van der Waals surface area (Å²) >= 11 is 0. The molecule has 0 fully saturated rings. The first-order chi connectivity index (χ1) is 15.1.